The normalized spacial score (nSPS) is 10.7. The number of hydrogen-bond donors (Lipinski definition) is 2. The second kappa shape index (κ2) is 7.90. The summed E-state index contributed by atoms with van der Waals surface area (Å²) in [5, 5.41) is 11.2. The summed E-state index contributed by atoms with van der Waals surface area (Å²) in [6.45, 7) is 1.29. The van der Waals surface area contributed by atoms with Crippen LogP contribution < -0.4 is 11.1 Å². The Morgan fingerprint density at radius 3 is 2.86 bits per heavy atom. The Balaban J connectivity index is 1.79. The van der Waals surface area contributed by atoms with Gasteiger partial charge in [-0.05, 0) is 47.4 Å². The van der Waals surface area contributed by atoms with Crippen LogP contribution in [0.3, 0.4) is 0 Å². The maximum absolute atomic E-state index is 10.6. The van der Waals surface area contributed by atoms with Crippen molar-refractivity contribution in [3.05, 3.63) is 34.6 Å². The van der Waals surface area contributed by atoms with Crippen molar-refractivity contribution >= 4 is 21.8 Å². The van der Waals surface area contributed by atoms with Gasteiger partial charge in [0, 0.05) is 10.9 Å². The van der Waals surface area contributed by atoms with Crippen LogP contribution in [0, 0.1) is 0 Å². The molecule has 0 spiro atoms. The molecule has 0 bridgehead atoms. The molecule has 0 fully saturated rings. The molecule has 1 aromatic carbocycles. The van der Waals surface area contributed by atoms with Crippen molar-refractivity contribution in [3.8, 4) is 11.5 Å². The van der Waals surface area contributed by atoms with Gasteiger partial charge in [-0.1, -0.05) is 12.1 Å². The fourth-order valence-electron chi connectivity index (χ4n) is 1.81. The minimum Gasteiger partial charge on any atom is -0.419 e. The molecular weight excluding hydrogens is 336 g/mol. The number of primary amides is 1. The van der Waals surface area contributed by atoms with Crippen LogP contribution in [0.25, 0.3) is 11.5 Å². The maximum Gasteiger partial charge on any atom is 0.248 e. The molecule has 3 N–H and O–H groups in total. The van der Waals surface area contributed by atoms with E-state index in [1.165, 1.54) is 0 Å². The smallest absolute Gasteiger partial charge is 0.248 e. The van der Waals surface area contributed by atoms with Gasteiger partial charge in [-0.15, -0.1) is 10.2 Å². The summed E-state index contributed by atoms with van der Waals surface area (Å²) < 4.78 is 6.52. The van der Waals surface area contributed by atoms with E-state index in [4.69, 9.17) is 10.2 Å². The van der Waals surface area contributed by atoms with Crippen molar-refractivity contribution in [1.29, 1.82) is 0 Å². The minimum absolute atomic E-state index is 0.259. The van der Waals surface area contributed by atoms with E-state index in [1.807, 2.05) is 24.3 Å². The van der Waals surface area contributed by atoms with Crippen molar-refractivity contribution in [2.75, 3.05) is 6.54 Å². The van der Waals surface area contributed by atoms with Crippen LogP contribution >= 0.6 is 15.9 Å². The van der Waals surface area contributed by atoms with Crippen LogP contribution in [-0.4, -0.2) is 22.6 Å². The summed E-state index contributed by atoms with van der Waals surface area (Å²) >= 11 is 3.45. The molecule has 1 heterocycles. The van der Waals surface area contributed by atoms with Gasteiger partial charge in [-0.25, -0.2) is 0 Å². The summed E-state index contributed by atoms with van der Waals surface area (Å²) in [6.07, 6.45) is 2.09. The lowest BCUT2D eigenvalue weighted by atomic mass is 10.2. The van der Waals surface area contributed by atoms with Crippen LogP contribution in [0.4, 0.5) is 0 Å². The lowest BCUT2D eigenvalue weighted by Crippen LogP contribution is -2.16. The molecule has 0 unspecified atom stereocenters. The molecule has 0 radical (unpaired) electrons. The summed E-state index contributed by atoms with van der Waals surface area (Å²) in [6, 6.07) is 7.69. The molecule has 0 aliphatic rings. The number of nitrogens with two attached hydrogens (primary N) is 1. The van der Waals surface area contributed by atoms with Crippen LogP contribution in [-0.2, 0) is 11.3 Å². The number of rotatable bonds is 8. The topological polar surface area (TPSA) is 94.0 Å². The monoisotopic (exact) mass is 352 g/mol. The Bertz CT molecular complexity index is 600. The first-order chi connectivity index (χ1) is 10.2. The van der Waals surface area contributed by atoms with E-state index >= 15 is 0 Å². The zero-order chi connectivity index (χ0) is 15.1. The zero-order valence-electron chi connectivity index (χ0n) is 11.5. The number of carbonyl (C=O) groups excluding carboxylic acids is 1. The van der Waals surface area contributed by atoms with Crippen LogP contribution in [0.15, 0.2) is 33.2 Å². The number of carbonyl (C=O) groups is 1. The largest absolute Gasteiger partial charge is 0.419 e. The number of nitrogens with zero attached hydrogens (tertiary/aromatic N) is 2. The van der Waals surface area contributed by atoms with E-state index < -0.39 is 0 Å². The van der Waals surface area contributed by atoms with Crippen molar-refractivity contribution in [1.82, 2.24) is 15.5 Å². The number of aromatic nitrogens is 2. The molecule has 0 atom stereocenters. The summed E-state index contributed by atoms with van der Waals surface area (Å²) in [7, 11) is 0. The van der Waals surface area contributed by atoms with Crippen molar-refractivity contribution in [2.45, 2.75) is 25.8 Å². The molecule has 2 rings (SSSR count). The molecule has 112 valence electrons. The molecule has 2 aromatic rings. The standard InChI is InChI=1S/C14H17BrN4O2/c15-11-6-2-1-5-10(11)14-19-18-13(21-14)9-17-8-4-3-7-12(16)20/h1-2,5-6,17H,3-4,7-9H2,(H2,16,20). The summed E-state index contributed by atoms with van der Waals surface area (Å²) in [5.74, 6) is 0.772. The average Bonchev–Trinajstić information content (AvgIpc) is 2.91. The third-order valence-electron chi connectivity index (χ3n) is 2.87. The molecule has 6 nitrogen and oxygen atoms in total. The van der Waals surface area contributed by atoms with Gasteiger partial charge < -0.3 is 15.5 Å². The van der Waals surface area contributed by atoms with Gasteiger partial charge in [0.2, 0.25) is 17.7 Å². The molecule has 1 amide bonds. The summed E-state index contributed by atoms with van der Waals surface area (Å²) in [4.78, 5) is 10.6. The molecular formula is C14H17BrN4O2. The van der Waals surface area contributed by atoms with Gasteiger partial charge in [0.15, 0.2) is 0 Å². The number of nitrogens with one attached hydrogen (secondary N) is 1. The van der Waals surface area contributed by atoms with Crippen LogP contribution in [0.5, 0.6) is 0 Å². The minimum atomic E-state index is -0.259. The second-order valence-corrected chi connectivity index (χ2v) is 5.44. The molecule has 0 saturated heterocycles. The van der Waals surface area contributed by atoms with Gasteiger partial charge >= 0.3 is 0 Å². The van der Waals surface area contributed by atoms with Gasteiger partial charge in [-0.3, -0.25) is 4.79 Å². The quantitative estimate of drug-likeness (QED) is 0.710. The molecule has 0 aliphatic carbocycles. The highest BCUT2D eigenvalue weighted by atomic mass is 79.9. The Labute approximate surface area is 131 Å². The number of halogens is 1. The molecule has 7 heteroatoms. The van der Waals surface area contributed by atoms with Crippen molar-refractivity contribution in [2.24, 2.45) is 5.73 Å². The van der Waals surface area contributed by atoms with E-state index in [0.717, 1.165) is 29.4 Å². The SMILES string of the molecule is NC(=O)CCCCNCc1nnc(-c2ccccc2Br)o1. The Kier molecular flexibility index (Phi) is 5.89. The highest BCUT2D eigenvalue weighted by Gasteiger charge is 2.10. The first-order valence-corrected chi connectivity index (χ1v) is 7.52. The van der Waals surface area contributed by atoms with Crippen molar-refractivity contribution < 1.29 is 9.21 Å². The summed E-state index contributed by atoms with van der Waals surface area (Å²) in [5.41, 5.74) is 5.94. The van der Waals surface area contributed by atoms with Gasteiger partial charge in [0.1, 0.15) is 0 Å². The fraction of sp³-hybridized carbons (Fsp3) is 0.357. The number of hydrogen-bond acceptors (Lipinski definition) is 5. The molecule has 0 aliphatic heterocycles. The Morgan fingerprint density at radius 2 is 2.10 bits per heavy atom. The van der Waals surface area contributed by atoms with Gasteiger partial charge in [0.25, 0.3) is 0 Å². The third kappa shape index (κ3) is 4.95. The van der Waals surface area contributed by atoms with Gasteiger partial charge in [-0.2, -0.15) is 0 Å². The van der Waals surface area contributed by atoms with Crippen molar-refractivity contribution in [3.63, 3.8) is 0 Å². The van der Waals surface area contributed by atoms with Crippen LogP contribution in [0.2, 0.25) is 0 Å². The Hall–Kier alpha value is -1.73. The van der Waals surface area contributed by atoms with Crippen LogP contribution in [0.1, 0.15) is 25.2 Å². The van der Waals surface area contributed by atoms with E-state index in [0.29, 0.717) is 24.7 Å². The first-order valence-electron chi connectivity index (χ1n) is 6.73. The van der Waals surface area contributed by atoms with E-state index in [1.54, 1.807) is 0 Å². The number of amides is 1. The predicted molar refractivity (Wildman–Crippen MR) is 82.2 cm³/mol. The first kappa shape index (κ1) is 15.7. The molecule has 0 saturated carbocycles. The second-order valence-electron chi connectivity index (χ2n) is 4.58. The van der Waals surface area contributed by atoms with E-state index in [9.17, 15) is 4.79 Å². The predicted octanol–water partition coefficient (Wildman–Crippen LogP) is 2.24. The lowest BCUT2D eigenvalue weighted by molar-refractivity contribution is -0.118. The average molecular weight is 353 g/mol. The highest BCUT2D eigenvalue weighted by Crippen LogP contribution is 2.26. The van der Waals surface area contributed by atoms with E-state index in [-0.39, 0.29) is 5.91 Å². The van der Waals surface area contributed by atoms with Gasteiger partial charge in [0.05, 0.1) is 12.1 Å². The maximum atomic E-state index is 10.6. The highest BCUT2D eigenvalue weighted by molar-refractivity contribution is 9.10. The molecule has 1 aromatic heterocycles. The lowest BCUT2D eigenvalue weighted by Gasteiger charge is -2.00. The number of unbranched alkanes of at least 4 members (excludes halogenated alkanes) is 1. The fourth-order valence-corrected chi connectivity index (χ4v) is 2.27. The van der Waals surface area contributed by atoms with E-state index in [2.05, 4.69) is 31.4 Å². The number of benzene rings is 1. The molecule has 21 heavy (non-hydrogen) atoms. The third-order valence-corrected chi connectivity index (χ3v) is 3.57. The zero-order valence-corrected chi connectivity index (χ0v) is 13.1. The Morgan fingerprint density at radius 1 is 1.29 bits per heavy atom.